The molecule has 106 valence electrons. The Hall–Kier alpha value is -0.220. The van der Waals surface area contributed by atoms with E-state index in [1.807, 2.05) is 23.7 Å². The summed E-state index contributed by atoms with van der Waals surface area (Å²) in [7, 11) is 1.92. The van der Waals surface area contributed by atoms with Gasteiger partial charge in [0, 0.05) is 25.0 Å². The van der Waals surface area contributed by atoms with Crippen LogP contribution in [-0.2, 0) is 4.79 Å². The predicted molar refractivity (Wildman–Crippen MR) is 79.9 cm³/mol. The second kappa shape index (κ2) is 7.39. The maximum absolute atomic E-state index is 12.3. The number of hydrogen-bond donors (Lipinski definition) is 1. The quantitative estimate of drug-likeness (QED) is 0.808. The van der Waals surface area contributed by atoms with Gasteiger partial charge in [0.2, 0.25) is 5.91 Å². The molecule has 1 amide bonds. The molecule has 0 heterocycles. The summed E-state index contributed by atoms with van der Waals surface area (Å²) in [6.07, 6.45) is 9.31. The second-order valence-electron chi connectivity index (χ2n) is 5.73. The van der Waals surface area contributed by atoms with Crippen molar-refractivity contribution in [3.05, 3.63) is 0 Å². The van der Waals surface area contributed by atoms with Crippen LogP contribution in [0.3, 0.4) is 0 Å². The SMILES string of the molecule is CSCCC(C)N(C)C(=O)CC1(N)CCCCC1. The number of carbonyl (C=O) groups excluding carboxylic acids is 1. The third kappa shape index (κ3) is 4.81. The fraction of sp³-hybridized carbons (Fsp3) is 0.929. The average molecular weight is 272 g/mol. The van der Waals surface area contributed by atoms with Gasteiger partial charge in [-0.25, -0.2) is 0 Å². The van der Waals surface area contributed by atoms with Gasteiger partial charge in [-0.15, -0.1) is 0 Å². The van der Waals surface area contributed by atoms with Crippen molar-refractivity contribution in [1.29, 1.82) is 0 Å². The van der Waals surface area contributed by atoms with Crippen LogP contribution in [0.2, 0.25) is 0 Å². The Morgan fingerprint density at radius 2 is 2.00 bits per heavy atom. The van der Waals surface area contributed by atoms with E-state index in [0.717, 1.165) is 25.0 Å². The van der Waals surface area contributed by atoms with Crippen molar-refractivity contribution in [2.75, 3.05) is 19.1 Å². The van der Waals surface area contributed by atoms with Crippen molar-refractivity contribution in [2.24, 2.45) is 5.73 Å². The summed E-state index contributed by atoms with van der Waals surface area (Å²) in [5.41, 5.74) is 6.11. The molecule has 2 N–H and O–H groups in total. The highest BCUT2D eigenvalue weighted by atomic mass is 32.2. The first-order chi connectivity index (χ1) is 8.48. The fourth-order valence-corrected chi connectivity index (χ4v) is 3.16. The summed E-state index contributed by atoms with van der Waals surface area (Å²) < 4.78 is 0. The Labute approximate surface area is 116 Å². The van der Waals surface area contributed by atoms with Crippen LogP contribution in [0, 0.1) is 0 Å². The van der Waals surface area contributed by atoms with E-state index in [9.17, 15) is 4.79 Å². The third-order valence-electron chi connectivity index (χ3n) is 4.15. The summed E-state index contributed by atoms with van der Waals surface area (Å²) in [5, 5.41) is 0. The lowest BCUT2D eigenvalue weighted by atomic mass is 9.80. The molecule has 0 aromatic rings. The van der Waals surface area contributed by atoms with Crippen LogP contribution in [0.5, 0.6) is 0 Å². The standard InChI is InChI=1S/C14H28N2OS/c1-12(7-10-18-3)16(2)13(17)11-14(15)8-5-4-6-9-14/h12H,4-11,15H2,1-3H3. The summed E-state index contributed by atoms with van der Waals surface area (Å²) in [5.74, 6) is 1.32. The highest BCUT2D eigenvalue weighted by Crippen LogP contribution is 2.29. The summed E-state index contributed by atoms with van der Waals surface area (Å²) in [4.78, 5) is 14.1. The van der Waals surface area contributed by atoms with Crippen LogP contribution in [0.15, 0.2) is 0 Å². The van der Waals surface area contributed by atoms with Crippen molar-refractivity contribution in [1.82, 2.24) is 4.90 Å². The lowest BCUT2D eigenvalue weighted by Gasteiger charge is -2.35. The molecule has 1 aliphatic rings. The number of thioether (sulfide) groups is 1. The molecular formula is C14H28N2OS. The van der Waals surface area contributed by atoms with Crippen molar-refractivity contribution in [3.8, 4) is 0 Å². The molecule has 0 bridgehead atoms. The molecule has 0 aromatic carbocycles. The third-order valence-corrected chi connectivity index (χ3v) is 4.79. The Morgan fingerprint density at radius 1 is 1.39 bits per heavy atom. The van der Waals surface area contributed by atoms with Gasteiger partial charge in [0.15, 0.2) is 0 Å². The van der Waals surface area contributed by atoms with E-state index in [4.69, 9.17) is 5.73 Å². The minimum absolute atomic E-state index is 0.216. The van der Waals surface area contributed by atoms with E-state index in [-0.39, 0.29) is 11.4 Å². The predicted octanol–water partition coefficient (Wildman–Crippen LogP) is 2.64. The topological polar surface area (TPSA) is 46.3 Å². The summed E-state index contributed by atoms with van der Waals surface area (Å²) in [6, 6.07) is 0.317. The minimum atomic E-state index is -0.233. The number of amides is 1. The van der Waals surface area contributed by atoms with Crippen molar-refractivity contribution < 1.29 is 4.79 Å². The van der Waals surface area contributed by atoms with Gasteiger partial charge in [-0.05, 0) is 38.2 Å². The molecule has 1 fully saturated rings. The molecule has 0 spiro atoms. The van der Waals surface area contributed by atoms with Gasteiger partial charge in [-0.1, -0.05) is 19.3 Å². The first kappa shape index (κ1) is 15.8. The maximum Gasteiger partial charge on any atom is 0.224 e. The molecule has 4 heteroatoms. The smallest absolute Gasteiger partial charge is 0.224 e. The van der Waals surface area contributed by atoms with Gasteiger partial charge in [-0.2, -0.15) is 11.8 Å². The van der Waals surface area contributed by atoms with E-state index in [0.29, 0.717) is 12.5 Å². The number of hydrogen-bond acceptors (Lipinski definition) is 3. The van der Waals surface area contributed by atoms with Crippen LogP contribution >= 0.6 is 11.8 Å². The highest BCUT2D eigenvalue weighted by molar-refractivity contribution is 7.98. The van der Waals surface area contributed by atoms with Crippen LogP contribution in [0.4, 0.5) is 0 Å². The second-order valence-corrected chi connectivity index (χ2v) is 6.72. The van der Waals surface area contributed by atoms with Crippen LogP contribution < -0.4 is 5.73 Å². The minimum Gasteiger partial charge on any atom is -0.343 e. The molecule has 1 unspecified atom stereocenters. The van der Waals surface area contributed by atoms with Crippen LogP contribution in [-0.4, -0.2) is 41.4 Å². The van der Waals surface area contributed by atoms with Crippen molar-refractivity contribution in [3.63, 3.8) is 0 Å². The number of rotatable bonds is 6. The van der Waals surface area contributed by atoms with Crippen LogP contribution in [0.25, 0.3) is 0 Å². The Bertz CT molecular complexity index is 265. The van der Waals surface area contributed by atoms with Crippen molar-refractivity contribution >= 4 is 17.7 Å². The zero-order valence-corrected chi connectivity index (χ0v) is 12.9. The fourth-order valence-electron chi connectivity index (χ4n) is 2.59. The van der Waals surface area contributed by atoms with E-state index in [2.05, 4.69) is 13.2 Å². The van der Waals surface area contributed by atoms with Gasteiger partial charge in [0.1, 0.15) is 0 Å². The number of nitrogens with two attached hydrogens (primary N) is 1. The summed E-state index contributed by atoms with van der Waals surface area (Å²) >= 11 is 1.83. The van der Waals surface area contributed by atoms with Gasteiger partial charge >= 0.3 is 0 Å². The number of nitrogens with zero attached hydrogens (tertiary/aromatic N) is 1. The maximum atomic E-state index is 12.3. The Balaban J connectivity index is 2.43. The lowest BCUT2D eigenvalue weighted by molar-refractivity contribution is -0.133. The van der Waals surface area contributed by atoms with Gasteiger partial charge in [-0.3, -0.25) is 4.79 Å². The van der Waals surface area contributed by atoms with E-state index in [1.165, 1.54) is 19.3 Å². The molecule has 18 heavy (non-hydrogen) atoms. The number of carbonyl (C=O) groups is 1. The van der Waals surface area contributed by atoms with E-state index >= 15 is 0 Å². The molecule has 1 rings (SSSR count). The van der Waals surface area contributed by atoms with Crippen LogP contribution in [0.1, 0.15) is 51.9 Å². The summed E-state index contributed by atoms with van der Waals surface area (Å²) in [6.45, 7) is 2.12. The Kier molecular flexibility index (Phi) is 6.50. The lowest BCUT2D eigenvalue weighted by Crippen LogP contribution is -2.47. The average Bonchev–Trinajstić information content (AvgIpc) is 2.35. The van der Waals surface area contributed by atoms with Crippen molar-refractivity contribution in [2.45, 2.75) is 63.5 Å². The van der Waals surface area contributed by atoms with Gasteiger partial charge in [0.25, 0.3) is 0 Å². The first-order valence-electron chi connectivity index (χ1n) is 7.02. The first-order valence-corrected chi connectivity index (χ1v) is 8.41. The molecule has 0 saturated heterocycles. The van der Waals surface area contributed by atoms with E-state index in [1.54, 1.807) is 0 Å². The molecule has 1 aliphatic carbocycles. The van der Waals surface area contributed by atoms with Gasteiger partial charge < -0.3 is 10.6 Å². The molecule has 0 radical (unpaired) electrons. The largest absolute Gasteiger partial charge is 0.343 e. The molecule has 1 atom stereocenters. The zero-order valence-electron chi connectivity index (χ0n) is 12.1. The van der Waals surface area contributed by atoms with Gasteiger partial charge in [0.05, 0.1) is 0 Å². The molecule has 1 saturated carbocycles. The Morgan fingerprint density at radius 3 is 2.56 bits per heavy atom. The normalized spacial score (nSPS) is 20.4. The zero-order chi connectivity index (χ0) is 13.6. The molecular weight excluding hydrogens is 244 g/mol. The monoisotopic (exact) mass is 272 g/mol. The molecule has 0 aliphatic heterocycles. The van der Waals surface area contributed by atoms with E-state index < -0.39 is 0 Å². The highest BCUT2D eigenvalue weighted by Gasteiger charge is 2.31. The molecule has 3 nitrogen and oxygen atoms in total. The molecule has 0 aromatic heterocycles.